The van der Waals surface area contributed by atoms with Crippen LogP contribution in [0.2, 0.25) is 0 Å². The van der Waals surface area contributed by atoms with Gasteiger partial charge in [-0.25, -0.2) is 4.99 Å². The molecule has 13 heavy (non-hydrogen) atoms. The van der Waals surface area contributed by atoms with Gasteiger partial charge in [-0.2, -0.15) is 0 Å². The van der Waals surface area contributed by atoms with Crippen molar-refractivity contribution < 1.29 is 4.74 Å². The molecule has 2 nitrogen and oxygen atoms in total. The molecule has 0 saturated heterocycles. The van der Waals surface area contributed by atoms with E-state index in [4.69, 9.17) is 11.2 Å². The minimum atomic E-state index is -0.185. The Balaban J connectivity index is 2.18. The summed E-state index contributed by atoms with van der Waals surface area (Å²) in [6, 6.07) is 9.77. The first-order chi connectivity index (χ1) is 6.40. The lowest BCUT2D eigenvalue weighted by Crippen LogP contribution is -2.10. The molecule has 1 aromatic rings. The third-order valence-corrected chi connectivity index (χ3v) is 1.86. The Hall–Kier alpha value is -1.75. The number of nitrogens with zero attached hydrogens (tertiary/aromatic N) is 1. The van der Waals surface area contributed by atoms with Gasteiger partial charge in [0.15, 0.2) is 6.10 Å². The van der Waals surface area contributed by atoms with Crippen molar-refractivity contribution in [3.05, 3.63) is 35.9 Å². The zero-order chi connectivity index (χ0) is 9.10. The van der Waals surface area contributed by atoms with Crippen LogP contribution < -0.4 is 0 Å². The molecule has 2 heteroatoms. The van der Waals surface area contributed by atoms with E-state index < -0.39 is 0 Å². The second-order valence-electron chi connectivity index (χ2n) is 2.79. The van der Waals surface area contributed by atoms with Gasteiger partial charge in [0.25, 0.3) is 0 Å². The summed E-state index contributed by atoms with van der Waals surface area (Å²) < 4.78 is 5.41. The third-order valence-electron chi connectivity index (χ3n) is 1.86. The molecule has 1 aliphatic rings. The van der Waals surface area contributed by atoms with Crippen LogP contribution >= 0.6 is 0 Å². The lowest BCUT2D eigenvalue weighted by Gasteiger charge is -2.03. The van der Waals surface area contributed by atoms with Gasteiger partial charge in [-0.15, -0.1) is 6.42 Å². The highest BCUT2D eigenvalue weighted by Gasteiger charge is 2.17. The van der Waals surface area contributed by atoms with Gasteiger partial charge >= 0.3 is 0 Å². The monoisotopic (exact) mass is 171 g/mol. The van der Waals surface area contributed by atoms with Crippen LogP contribution in [0.5, 0.6) is 0 Å². The van der Waals surface area contributed by atoms with Gasteiger partial charge in [0.05, 0.1) is 6.54 Å². The number of hydrogen-bond acceptors (Lipinski definition) is 2. The molecule has 0 aromatic heterocycles. The average Bonchev–Trinajstić information content (AvgIpc) is 2.67. The van der Waals surface area contributed by atoms with Crippen LogP contribution in [0.25, 0.3) is 0 Å². The summed E-state index contributed by atoms with van der Waals surface area (Å²) in [6.45, 7) is 0.570. The first-order valence-corrected chi connectivity index (χ1v) is 4.13. The van der Waals surface area contributed by atoms with Crippen LogP contribution in [-0.4, -0.2) is 18.5 Å². The largest absolute Gasteiger partial charge is 0.459 e. The van der Waals surface area contributed by atoms with Gasteiger partial charge in [0, 0.05) is 5.56 Å². The molecule has 0 bridgehead atoms. The van der Waals surface area contributed by atoms with Crippen LogP contribution in [0, 0.1) is 12.3 Å². The standard InChI is InChI=1S/C11H9NO/c1-2-10-8-12-11(13-10)9-6-4-3-5-7-9/h1,3-7,10H,8H2/t10-/m1/s1. The van der Waals surface area contributed by atoms with Crippen molar-refractivity contribution in [2.45, 2.75) is 6.10 Å². The first kappa shape index (κ1) is 7.88. The number of terminal acetylenes is 1. The topological polar surface area (TPSA) is 21.6 Å². The molecule has 0 unspecified atom stereocenters. The molecule has 0 fully saturated rings. The lowest BCUT2D eigenvalue weighted by molar-refractivity contribution is 0.284. The highest BCUT2D eigenvalue weighted by Crippen LogP contribution is 2.10. The van der Waals surface area contributed by atoms with Gasteiger partial charge in [-0.05, 0) is 12.1 Å². The van der Waals surface area contributed by atoms with Crippen LogP contribution in [-0.2, 0) is 4.74 Å². The molecule has 1 atom stereocenters. The van der Waals surface area contributed by atoms with E-state index in [0.29, 0.717) is 12.4 Å². The van der Waals surface area contributed by atoms with E-state index in [1.165, 1.54) is 0 Å². The lowest BCUT2D eigenvalue weighted by atomic mass is 10.2. The third kappa shape index (κ3) is 1.54. The summed E-state index contributed by atoms with van der Waals surface area (Å²) in [4.78, 5) is 4.21. The van der Waals surface area contributed by atoms with Gasteiger partial charge in [0.1, 0.15) is 0 Å². The van der Waals surface area contributed by atoms with Crippen molar-refractivity contribution in [1.82, 2.24) is 0 Å². The molecule has 0 aliphatic carbocycles. The molecule has 0 amide bonds. The normalized spacial score (nSPS) is 20.2. The quantitative estimate of drug-likeness (QED) is 0.586. The molecule has 0 radical (unpaired) electrons. The maximum Gasteiger partial charge on any atom is 0.217 e. The Labute approximate surface area is 77.3 Å². The molecular formula is C11H9NO. The molecule has 2 rings (SSSR count). The summed E-state index contributed by atoms with van der Waals surface area (Å²) in [6.07, 6.45) is 5.04. The van der Waals surface area contributed by atoms with Crippen molar-refractivity contribution in [1.29, 1.82) is 0 Å². The van der Waals surface area contributed by atoms with Crippen LogP contribution in [0.4, 0.5) is 0 Å². The summed E-state index contributed by atoms with van der Waals surface area (Å²) >= 11 is 0. The zero-order valence-corrected chi connectivity index (χ0v) is 7.10. The SMILES string of the molecule is C#C[C@@H]1CN=C(c2ccccc2)O1. The predicted molar refractivity (Wildman–Crippen MR) is 51.6 cm³/mol. The summed E-state index contributed by atoms with van der Waals surface area (Å²) in [5.41, 5.74) is 0.986. The van der Waals surface area contributed by atoms with E-state index in [-0.39, 0.29) is 6.10 Å². The zero-order valence-electron chi connectivity index (χ0n) is 7.10. The van der Waals surface area contributed by atoms with Crippen molar-refractivity contribution in [2.75, 3.05) is 6.54 Å². The molecule has 1 heterocycles. The summed E-state index contributed by atoms with van der Waals surface area (Å²) in [5, 5.41) is 0. The smallest absolute Gasteiger partial charge is 0.217 e. The highest BCUT2D eigenvalue weighted by atomic mass is 16.5. The second-order valence-corrected chi connectivity index (χ2v) is 2.79. The summed E-state index contributed by atoms with van der Waals surface area (Å²) in [7, 11) is 0. The number of rotatable bonds is 1. The molecule has 64 valence electrons. The van der Waals surface area contributed by atoms with Crippen molar-refractivity contribution in [3.8, 4) is 12.3 Å². The van der Waals surface area contributed by atoms with Crippen LogP contribution in [0.3, 0.4) is 0 Å². The second kappa shape index (κ2) is 3.32. The van der Waals surface area contributed by atoms with Gasteiger partial charge < -0.3 is 4.74 Å². The van der Waals surface area contributed by atoms with Crippen molar-refractivity contribution in [3.63, 3.8) is 0 Å². The van der Waals surface area contributed by atoms with Gasteiger partial charge in [-0.1, -0.05) is 24.1 Å². The van der Waals surface area contributed by atoms with Gasteiger partial charge in [0.2, 0.25) is 5.90 Å². The highest BCUT2D eigenvalue weighted by molar-refractivity contribution is 5.95. The number of ether oxygens (including phenoxy) is 1. The number of aliphatic imine (C=N–C) groups is 1. The van der Waals surface area contributed by atoms with E-state index >= 15 is 0 Å². The van der Waals surface area contributed by atoms with E-state index in [2.05, 4.69) is 10.9 Å². The van der Waals surface area contributed by atoms with E-state index in [9.17, 15) is 0 Å². The molecule has 1 aliphatic heterocycles. The molecule has 0 saturated carbocycles. The van der Waals surface area contributed by atoms with E-state index in [1.54, 1.807) is 0 Å². The Morgan fingerprint density at radius 3 is 2.77 bits per heavy atom. The Morgan fingerprint density at radius 1 is 1.38 bits per heavy atom. The minimum absolute atomic E-state index is 0.185. The maximum absolute atomic E-state index is 5.41. The van der Waals surface area contributed by atoms with Crippen molar-refractivity contribution >= 4 is 5.90 Å². The fourth-order valence-corrected chi connectivity index (χ4v) is 1.20. The fraction of sp³-hybridized carbons (Fsp3) is 0.182. The molecule has 0 N–H and O–H groups in total. The van der Waals surface area contributed by atoms with E-state index in [1.807, 2.05) is 30.3 Å². The predicted octanol–water partition coefficient (Wildman–Crippen LogP) is 1.47. The molecular weight excluding hydrogens is 162 g/mol. The van der Waals surface area contributed by atoms with Gasteiger partial charge in [-0.3, -0.25) is 0 Å². The minimum Gasteiger partial charge on any atom is -0.459 e. The summed E-state index contributed by atoms with van der Waals surface area (Å²) in [5.74, 6) is 3.18. The maximum atomic E-state index is 5.41. The molecule has 1 aromatic carbocycles. The fourth-order valence-electron chi connectivity index (χ4n) is 1.20. The van der Waals surface area contributed by atoms with Crippen LogP contribution in [0.15, 0.2) is 35.3 Å². The van der Waals surface area contributed by atoms with E-state index in [0.717, 1.165) is 5.56 Å². The Morgan fingerprint density at radius 2 is 2.15 bits per heavy atom. The van der Waals surface area contributed by atoms with Crippen LogP contribution in [0.1, 0.15) is 5.56 Å². The average molecular weight is 171 g/mol. The number of benzene rings is 1. The molecule has 0 spiro atoms. The first-order valence-electron chi connectivity index (χ1n) is 4.13. The Kier molecular flexibility index (Phi) is 2.01. The Bertz CT molecular complexity index is 361. The van der Waals surface area contributed by atoms with Crippen molar-refractivity contribution in [2.24, 2.45) is 4.99 Å². The number of hydrogen-bond donors (Lipinski definition) is 0.